The second kappa shape index (κ2) is 8.12. The van der Waals surface area contributed by atoms with Crippen LogP contribution in [0.3, 0.4) is 0 Å². The smallest absolute Gasteiger partial charge is 0.338 e. The quantitative estimate of drug-likeness (QED) is 0.655. The third-order valence-electron chi connectivity index (χ3n) is 4.06. The second-order valence-corrected chi connectivity index (χ2v) is 6.55. The Morgan fingerprint density at radius 3 is 2.54 bits per heavy atom. The molecule has 0 amide bonds. The molecular weight excluding hydrogens is 360 g/mol. The summed E-state index contributed by atoms with van der Waals surface area (Å²) in [6.45, 7) is 5.46. The van der Waals surface area contributed by atoms with Crippen LogP contribution in [0.5, 0.6) is 11.5 Å². The predicted molar refractivity (Wildman–Crippen MR) is 105 cm³/mol. The Balaban J connectivity index is 1.82. The van der Waals surface area contributed by atoms with Crippen molar-refractivity contribution < 1.29 is 19.0 Å². The third-order valence-corrected chi connectivity index (χ3v) is 4.06. The summed E-state index contributed by atoms with van der Waals surface area (Å²) < 4.78 is 16.4. The zero-order valence-electron chi connectivity index (χ0n) is 16.2. The number of nitrogens with one attached hydrogen (secondary N) is 1. The number of nitrogens with zero attached hydrogens (tertiary/aromatic N) is 1. The molecule has 0 saturated carbocycles. The van der Waals surface area contributed by atoms with Gasteiger partial charge in [0.25, 0.3) is 5.56 Å². The van der Waals surface area contributed by atoms with Gasteiger partial charge in [-0.15, -0.1) is 0 Å². The molecule has 1 aromatic heterocycles. The number of aromatic nitrogens is 2. The van der Waals surface area contributed by atoms with Gasteiger partial charge < -0.3 is 19.2 Å². The number of esters is 1. The van der Waals surface area contributed by atoms with Crippen molar-refractivity contribution in [3.63, 3.8) is 0 Å². The molecular formula is C21H22N2O5. The minimum Gasteiger partial charge on any atom is -0.493 e. The predicted octanol–water partition coefficient (Wildman–Crippen LogP) is 3.64. The van der Waals surface area contributed by atoms with E-state index in [4.69, 9.17) is 14.2 Å². The summed E-state index contributed by atoms with van der Waals surface area (Å²) in [6.07, 6.45) is -0.759. The maximum atomic E-state index is 12.5. The van der Waals surface area contributed by atoms with Gasteiger partial charge in [0.2, 0.25) is 0 Å². The number of H-pyrrole nitrogens is 1. The van der Waals surface area contributed by atoms with Crippen LogP contribution < -0.4 is 15.0 Å². The van der Waals surface area contributed by atoms with Gasteiger partial charge in [0.15, 0.2) is 23.4 Å². The highest BCUT2D eigenvalue weighted by Gasteiger charge is 2.19. The number of carbonyl (C=O) groups excluding carboxylic acids is 1. The first-order valence-electron chi connectivity index (χ1n) is 8.93. The number of para-hydroxylation sites is 1. The maximum Gasteiger partial charge on any atom is 0.338 e. The van der Waals surface area contributed by atoms with Crippen LogP contribution in [0.15, 0.2) is 47.3 Å². The van der Waals surface area contributed by atoms with Gasteiger partial charge in [-0.2, -0.15) is 0 Å². The minimum atomic E-state index is -0.734. The molecule has 0 aliphatic carbocycles. The Labute approximate surface area is 162 Å². The Morgan fingerprint density at radius 1 is 1.07 bits per heavy atom. The largest absolute Gasteiger partial charge is 0.493 e. The minimum absolute atomic E-state index is 0.0254. The molecule has 7 heteroatoms. The Morgan fingerprint density at radius 2 is 1.82 bits per heavy atom. The fourth-order valence-electron chi connectivity index (χ4n) is 2.73. The number of methoxy groups -OCH3 is 1. The lowest BCUT2D eigenvalue weighted by molar-refractivity contribution is 0.0319. The molecule has 1 atom stereocenters. The van der Waals surface area contributed by atoms with E-state index in [2.05, 4.69) is 9.97 Å². The monoisotopic (exact) mass is 382 g/mol. The molecule has 0 fully saturated rings. The fourth-order valence-corrected chi connectivity index (χ4v) is 2.73. The SMILES string of the molecule is COc1cc(C(=O)OC(C)c2nc3ccccc3c(=O)[nH]2)ccc1OC(C)C. The van der Waals surface area contributed by atoms with Crippen LogP contribution in [0, 0.1) is 0 Å². The van der Waals surface area contributed by atoms with Crippen molar-refractivity contribution in [2.24, 2.45) is 0 Å². The van der Waals surface area contributed by atoms with E-state index in [-0.39, 0.29) is 17.5 Å². The third kappa shape index (κ3) is 4.14. The van der Waals surface area contributed by atoms with Gasteiger partial charge in [-0.05, 0) is 51.1 Å². The zero-order valence-corrected chi connectivity index (χ0v) is 16.2. The van der Waals surface area contributed by atoms with Gasteiger partial charge in [0.1, 0.15) is 0 Å². The highest BCUT2D eigenvalue weighted by molar-refractivity contribution is 5.90. The number of fused-ring (bicyclic) bond motifs is 1. The number of hydrogen-bond donors (Lipinski definition) is 1. The van der Waals surface area contributed by atoms with E-state index < -0.39 is 12.1 Å². The summed E-state index contributed by atoms with van der Waals surface area (Å²) in [5, 5.41) is 0.482. The molecule has 2 aromatic carbocycles. The van der Waals surface area contributed by atoms with Crippen molar-refractivity contribution in [1.29, 1.82) is 0 Å². The summed E-state index contributed by atoms with van der Waals surface area (Å²) in [5.41, 5.74) is 0.573. The lowest BCUT2D eigenvalue weighted by Gasteiger charge is -2.16. The molecule has 1 unspecified atom stereocenters. The zero-order chi connectivity index (χ0) is 20.3. The molecule has 3 rings (SSSR count). The van der Waals surface area contributed by atoms with Crippen molar-refractivity contribution in [2.75, 3.05) is 7.11 Å². The maximum absolute atomic E-state index is 12.5. The first-order valence-corrected chi connectivity index (χ1v) is 8.93. The number of ether oxygens (including phenoxy) is 3. The van der Waals surface area contributed by atoms with Crippen molar-refractivity contribution in [2.45, 2.75) is 33.0 Å². The molecule has 0 aliphatic rings. The number of benzene rings is 2. The second-order valence-electron chi connectivity index (χ2n) is 6.55. The van der Waals surface area contributed by atoms with Gasteiger partial charge in [-0.3, -0.25) is 4.79 Å². The van der Waals surface area contributed by atoms with E-state index in [9.17, 15) is 9.59 Å². The average molecular weight is 382 g/mol. The fraction of sp³-hybridized carbons (Fsp3) is 0.286. The summed E-state index contributed by atoms with van der Waals surface area (Å²) >= 11 is 0. The van der Waals surface area contributed by atoms with E-state index in [0.29, 0.717) is 28.0 Å². The molecule has 1 heterocycles. The van der Waals surface area contributed by atoms with Gasteiger partial charge in [0, 0.05) is 0 Å². The summed E-state index contributed by atoms with van der Waals surface area (Å²) in [5.74, 6) is 0.706. The van der Waals surface area contributed by atoms with Crippen LogP contribution >= 0.6 is 0 Å². The Hall–Kier alpha value is -3.35. The van der Waals surface area contributed by atoms with Crippen molar-refractivity contribution in [1.82, 2.24) is 9.97 Å². The average Bonchev–Trinajstić information content (AvgIpc) is 2.67. The van der Waals surface area contributed by atoms with Gasteiger partial charge in [-0.1, -0.05) is 12.1 Å². The van der Waals surface area contributed by atoms with Crippen molar-refractivity contribution in [3.05, 3.63) is 64.2 Å². The molecule has 0 aliphatic heterocycles. The van der Waals surface area contributed by atoms with Crippen LogP contribution in [0.4, 0.5) is 0 Å². The summed E-state index contributed by atoms with van der Waals surface area (Å²) in [4.78, 5) is 31.8. The van der Waals surface area contributed by atoms with E-state index >= 15 is 0 Å². The van der Waals surface area contributed by atoms with E-state index in [0.717, 1.165) is 0 Å². The Bertz CT molecular complexity index is 1060. The van der Waals surface area contributed by atoms with Crippen LogP contribution in [0.1, 0.15) is 43.1 Å². The highest BCUT2D eigenvalue weighted by Crippen LogP contribution is 2.29. The Kier molecular flexibility index (Phi) is 5.63. The lowest BCUT2D eigenvalue weighted by Crippen LogP contribution is -2.17. The van der Waals surface area contributed by atoms with Crippen LogP contribution in [0.25, 0.3) is 10.9 Å². The topological polar surface area (TPSA) is 90.5 Å². The first-order chi connectivity index (χ1) is 13.4. The summed E-state index contributed by atoms with van der Waals surface area (Å²) in [6, 6.07) is 11.8. The van der Waals surface area contributed by atoms with E-state index in [1.54, 1.807) is 49.4 Å². The van der Waals surface area contributed by atoms with Gasteiger partial charge in [0.05, 0.1) is 29.7 Å². The molecule has 146 valence electrons. The molecule has 0 spiro atoms. The highest BCUT2D eigenvalue weighted by atomic mass is 16.5. The van der Waals surface area contributed by atoms with Gasteiger partial charge >= 0.3 is 5.97 Å². The first kappa shape index (κ1) is 19.4. The normalized spacial score (nSPS) is 12.0. The molecule has 7 nitrogen and oxygen atoms in total. The molecule has 3 aromatic rings. The molecule has 0 saturated heterocycles. The standard InChI is InChI=1S/C21H22N2O5/c1-12(2)27-17-10-9-14(11-18(17)26-4)21(25)28-13(3)19-22-16-8-6-5-7-15(16)20(24)23-19/h5-13H,1-4H3,(H,22,23,24). The van der Waals surface area contributed by atoms with Crippen molar-refractivity contribution in [3.8, 4) is 11.5 Å². The number of aromatic amines is 1. The molecule has 0 bridgehead atoms. The van der Waals surface area contributed by atoms with Crippen LogP contribution in [-0.4, -0.2) is 29.2 Å². The molecule has 1 N–H and O–H groups in total. The van der Waals surface area contributed by atoms with E-state index in [1.165, 1.54) is 7.11 Å². The van der Waals surface area contributed by atoms with Crippen molar-refractivity contribution >= 4 is 16.9 Å². The lowest BCUT2D eigenvalue weighted by atomic mass is 10.2. The van der Waals surface area contributed by atoms with E-state index in [1.807, 2.05) is 13.8 Å². The summed E-state index contributed by atoms with van der Waals surface area (Å²) in [7, 11) is 1.50. The molecule has 28 heavy (non-hydrogen) atoms. The van der Waals surface area contributed by atoms with Crippen LogP contribution in [-0.2, 0) is 4.74 Å². The van der Waals surface area contributed by atoms with Crippen LogP contribution in [0.2, 0.25) is 0 Å². The number of carbonyl (C=O) groups is 1. The van der Waals surface area contributed by atoms with Gasteiger partial charge in [-0.25, -0.2) is 9.78 Å². The molecule has 0 radical (unpaired) electrons. The number of rotatable bonds is 6. The number of hydrogen-bond acceptors (Lipinski definition) is 6.